The van der Waals surface area contributed by atoms with E-state index in [-0.39, 0.29) is 0 Å². The molecule has 0 N–H and O–H groups in total. The standard InChI is InChI=1S/C19H32/c1-14(18(2)6-4-3-5-7-18)19-11-15-8-16(12-19)10-17(9-15)13-19/h14-17H,3-13H2,1-2H3. The molecule has 0 heteroatoms. The van der Waals surface area contributed by atoms with Crippen molar-refractivity contribution in [3.8, 4) is 0 Å². The molecule has 5 aliphatic carbocycles. The topological polar surface area (TPSA) is 0 Å². The predicted octanol–water partition coefficient (Wildman–Crippen LogP) is 5.81. The van der Waals surface area contributed by atoms with Gasteiger partial charge in [-0.05, 0) is 85.9 Å². The van der Waals surface area contributed by atoms with Crippen molar-refractivity contribution in [2.24, 2.45) is 34.5 Å². The van der Waals surface area contributed by atoms with Gasteiger partial charge in [-0.2, -0.15) is 0 Å². The third-order valence-corrected chi connectivity index (χ3v) is 8.05. The van der Waals surface area contributed by atoms with Crippen LogP contribution in [0.1, 0.15) is 84.5 Å². The van der Waals surface area contributed by atoms with E-state index in [1.807, 2.05) is 0 Å². The Morgan fingerprint density at radius 2 is 1.26 bits per heavy atom. The maximum Gasteiger partial charge on any atom is -0.0259 e. The smallest absolute Gasteiger partial charge is 0.0259 e. The van der Waals surface area contributed by atoms with Gasteiger partial charge in [-0.3, -0.25) is 0 Å². The zero-order valence-electron chi connectivity index (χ0n) is 13.1. The van der Waals surface area contributed by atoms with E-state index < -0.39 is 0 Å². The zero-order valence-corrected chi connectivity index (χ0v) is 13.1. The highest BCUT2D eigenvalue weighted by atomic mass is 14.6. The molecular weight excluding hydrogens is 228 g/mol. The third-order valence-electron chi connectivity index (χ3n) is 8.05. The minimum atomic E-state index is 0.684. The van der Waals surface area contributed by atoms with Crippen molar-refractivity contribution in [3.63, 3.8) is 0 Å². The summed E-state index contributed by atoms with van der Waals surface area (Å²) in [6, 6.07) is 0. The molecule has 4 bridgehead atoms. The van der Waals surface area contributed by atoms with E-state index in [4.69, 9.17) is 0 Å². The molecule has 0 aliphatic heterocycles. The predicted molar refractivity (Wildman–Crippen MR) is 81.0 cm³/mol. The molecule has 0 radical (unpaired) electrons. The van der Waals surface area contributed by atoms with Crippen molar-refractivity contribution in [3.05, 3.63) is 0 Å². The fourth-order valence-electron chi connectivity index (χ4n) is 7.24. The Bertz CT molecular complexity index is 312. The molecule has 5 saturated carbocycles. The summed E-state index contributed by atoms with van der Waals surface area (Å²) in [5, 5.41) is 0. The largest absolute Gasteiger partial charge is 0.0615 e. The molecule has 0 aromatic carbocycles. The molecule has 1 atom stereocenters. The van der Waals surface area contributed by atoms with Gasteiger partial charge in [0.1, 0.15) is 0 Å². The average Bonchev–Trinajstić information content (AvgIpc) is 2.37. The quantitative estimate of drug-likeness (QED) is 0.588. The van der Waals surface area contributed by atoms with Gasteiger partial charge in [0.25, 0.3) is 0 Å². The van der Waals surface area contributed by atoms with E-state index in [0.29, 0.717) is 5.41 Å². The molecule has 0 aromatic heterocycles. The van der Waals surface area contributed by atoms with Crippen molar-refractivity contribution < 1.29 is 0 Å². The first-order valence-electron chi connectivity index (χ1n) is 9.10. The van der Waals surface area contributed by atoms with Crippen molar-refractivity contribution >= 4 is 0 Å². The molecule has 0 nitrogen and oxygen atoms in total. The Morgan fingerprint density at radius 1 is 0.789 bits per heavy atom. The van der Waals surface area contributed by atoms with Crippen LogP contribution in [0.2, 0.25) is 0 Å². The number of hydrogen-bond donors (Lipinski definition) is 0. The van der Waals surface area contributed by atoms with Crippen molar-refractivity contribution in [1.29, 1.82) is 0 Å². The molecule has 1 unspecified atom stereocenters. The summed E-state index contributed by atoms with van der Waals surface area (Å²) < 4.78 is 0. The lowest BCUT2D eigenvalue weighted by molar-refractivity contribution is -0.120. The van der Waals surface area contributed by atoms with Gasteiger partial charge in [-0.15, -0.1) is 0 Å². The molecule has 108 valence electrons. The van der Waals surface area contributed by atoms with Crippen LogP contribution in [0.3, 0.4) is 0 Å². The lowest BCUT2D eigenvalue weighted by Gasteiger charge is -2.62. The van der Waals surface area contributed by atoms with Crippen molar-refractivity contribution in [2.75, 3.05) is 0 Å². The Labute approximate surface area is 119 Å². The summed E-state index contributed by atoms with van der Waals surface area (Å²) >= 11 is 0. The second-order valence-corrected chi connectivity index (χ2v) is 9.22. The first-order valence-corrected chi connectivity index (χ1v) is 9.10. The Hall–Kier alpha value is 0. The van der Waals surface area contributed by atoms with Gasteiger partial charge in [-0.1, -0.05) is 33.1 Å². The second kappa shape index (κ2) is 4.25. The molecular formula is C19H32. The Kier molecular flexibility index (Phi) is 2.84. The normalized spacial score (nSPS) is 49.3. The molecule has 5 fully saturated rings. The van der Waals surface area contributed by atoms with Crippen LogP contribution in [0.4, 0.5) is 0 Å². The monoisotopic (exact) mass is 260 g/mol. The Morgan fingerprint density at radius 3 is 1.74 bits per heavy atom. The molecule has 0 spiro atoms. The van der Waals surface area contributed by atoms with E-state index in [1.54, 1.807) is 38.5 Å². The van der Waals surface area contributed by atoms with Crippen LogP contribution in [0.15, 0.2) is 0 Å². The average molecular weight is 260 g/mol. The summed E-state index contributed by atoms with van der Waals surface area (Å²) in [5.41, 5.74) is 1.46. The molecule has 0 amide bonds. The van der Waals surface area contributed by atoms with Gasteiger partial charge in [0.2, 0.25) is 0 Å². The number of rotatable bonds is 2. The van der Waals surface area contributed by atoms with Crippen LogP contribution in [-0.4, -0.2) is 0 Å². The fourth-order valence-corrected chi connectivity index (χ4v) is 7.24. The highest BCUT2D eigenvalue weighted by Crippen LogP contribution is 2.66. The summed E-state index contributed by atoms with van der Waals surface area (Å²) in [4.78, 5) is 0. The lowest BCUT2D eigenvalue weighted by atomic mass is 9.43. The van der Waals surface area contributed by atoms with Crippen LogP contribution in [0.25, 0.3) is 0 Å². The second-order valence-electron chi connectivity index (χ2n) is 9.22. The van der Waals surface area contributed by atoms with E-state index >= 15 is 0 Å². The molecule has 0 heterocycles. The Balaban J connectivity index is 1.60. The third kappa shape index (κ3) is 1.92. The first kappa shape index (κ1) is 12.7. The molecule has 5 rings (SSSR count). The number of hydrogen-bond acceptors (Lipinski definition) is 0. The molecule has 0 aromatic rings. The van der Waals surface area contributed by atoms with E-state index in [9.17, 15) is 0 Å². The molecule has 5 aliphatic rings. The summed E-state index contributed by atoms with van der Waals surface area (Å²) in [6.07, 6.45) is 17.2. The van der Waals surface area contributed by atoms with Crippen LogP contribution >= 0.6 is 0 Å². The fraction of sp³-hybridized carbons (Fsp3) is 1.00. The van der Waals surface area contributed by atoms with Crippen LogP contribution in [-0.2, 0) is 0 Å². The van der Waals surface area contributed by atoms with E-state index in [1.165, 1.54) is 32.1 Å². The van der Waals surface area contributed by atoms with Crippen LogP contribution < -0.4 is 0 Å². The summed E-state index contributed by atoms with van der Waals surface area (Å²) in [7, 11) is 0. The van der Waals surface area contributed by atoms with Gasteiger partial charge in [-0.25, -0.2) is 0 Å². The van der Waals surface area contributed by atoms with Gasteiger partial charge in [0.05, 0.1) is 0 Å². The maximum absolute atomic E-state index is 2.67. The maximum atomic E-state index is 2.67. The zero-order chi connectivity index (χ0) is 13.1. The highest BCUT2D eigenvalue weighted by molar-refractivity contribution is 5.06. The van der Waals surface area contributed by atoms with Gasteiger partial charge >= 0.3 is 0 Å². The van der Waals surface area contributed by atoms with Crippen LogP contribution in [0, 0.1) is 34.5 Å². The van der Waals surface area contributed by atoms with Gasteiger partial charge in [0, 0.05) is 0 Å². The first-order chi connectivity index (χ1) is 9.10. The minimum absolute atomic E-state index is 0.684. The van der Waals surface area contributed by atoms with E-state index in [0.717, 1.165) is 29.1 Å². The van der Waals surface area contributed by atoms with Crippen LogP contribution in [0.5, 0.6) is 0 Å². The van der Waals surface area contributed by atoms with E-state index in [2.05, 4.69) is 13.8 Å². The van der Waals surface area contributed by atoms with Gasteiger partial charge < -0.3 is 0 Å². The van der Waals surface area contributed by atoms with Crippen molar-refractivity contribution in [2.45, 2.75) is 84.5 Å². The summed E-state index contributed by atoms with van der Waals surface area (Å²) in [5.74, 6) is 4.37. The SMILES string of the molecule is CC(C1(C)CCCCC1)C12CC3CC(CC(C3)C1)C2. The summed E-state index contributed by atoms with van der Waals surface area (Å²) in [6.45, 7) is 5.31. The molecule has 19 heavy (non-hydrogen) atoms. The minimum Gasteiger partial charge on any atom is -0.0615 e. The highest BCUT2D eigenvalue weighted by Gasteiger charge is 2.56. The van der Waals surface area contributed by atoms with Gasteiger partial charge in [0.15, 0.2) is 0 Å². The van der Waals surface area contributed by atoms with Crippen molar-refractivity contribution in [1.82, 2.24) is 0 Å². The lowest BCUT2D eigenvalue weighted by Crippen LogP contribution is -2.52. The molecule has 0 saturated heterocycles.